The SMILES string of the molecule is C1=Cc2ccccc2C1.C1=Cc2ccccc2C1.CC(C)(C)/C=C/c1ccc(C(C)(C)C)cc1.CC(C)(C)C.CC(C)(C)C.CC(C)(C)C.CC(C)(C)C.CC(C)(C)CCc1ccc(C(C)(C)C)cc1. The molecule has 0 radical (unpaired) electrons. The van der Waals surface area contributed by atoms with Gasteiger partial charge in [0.2, 0.25) is 0 Å². The number of fused-ring (bicyclic) bond motifs is 2. The molecular weight excluding hydrogens is 841 g/mol. The Hall–Kier alpha value is -3.90. The summed E-state index contributed by atoms with van der Waals surface area (Å²) in [4.78, 5) is 0. The molecule has 0 atom stereocenters. The van der Waals surface area contributed by atoms with Crippen LogP contribution < -0.4 is 0 Å². The third-order valence-corrected chi connectivity index (χ3v) is 8.92. The molecule has 70 heavy (non-hydrogen) atoms. The zero-order valence-corrected chi connectivity index (χ0v) is 51.5. The highest BCUT2D eigenvalue weighted by Gasteiger charge is 2.15. The summed E-state index contributed by atoms with van der Waals surface area (Å²) in [6.07, 6.45) is 17.9. The van der Waals surface area contributed by atoms with Crippen LogP contribution in [0.2, 0.25) is 0 Å². The smallest absolute Gasteiger partial charge is 0.00882 e. The fourth-order valence-corrected chi connectivity index (χ4v) is 5.52. The molecule has 0 N–H and O–H groups in total. The van der Waals surface area contributed by atoms with Gasteiger partial charge in [-0.05, 0) is 114 Å². The van der Waals surface area contributed by atoms with Gasteiger partial charge in [-0.2, -0.15) is 0 Å². The van der Waals surface area contributed by atoms with Crippen molar-refractivity contribution in [3.05, 3.63) is 160 Å². The van der Waals surface area contributed by atoms with Crippen molar-refractivity contribution in [2.45, 2.75) is 230 Å². The van der Waals surface area contributed by atoms with Crippen molar-refractivity contribution in [2.24, 2.45) is 32.5 Å². The molecule has 0 saturated heterocycles. The van der Waals surface area contributed by atoms with Gasteiger partial charge in [-0.1, -0.05) is 327 Å². The summed E-state index contributed by atoms with van der Waals surface area (Å²) >= 11 is 0. The van der Waals surface area contributed by atoms with Crippen molar-refractivity contribution in [2.75, 3.05) is 0 Å². The minimum atomic E-state index is 0.242. The van der Waals surface area contributed by atoms with Crippen molar-refractivity contribution in [1.82, 2.24) is 0 Å². The quantitative estimate of drug-likeness (QED) is 0.192. The Labute approximate surface area is 438 Å². The predicted octanol–water partition coefficient (Wildman–Crippen LogP) is 22.7. The molecule has 2 aliphatic carbocycles. The van der Waals surface area contributed by atoms with Crippen molar-refractivity contribution in [3.8, 4) is 0 Å². The molecule has 0 amide bonds. The highest BCUT2D eigenvalue weighted by molar-refractivity contribution is 5.60. The highest BCUT2D eigenvalue weighted by Crippen LogP contribution is 2.26. The van der Waals surface area contributed by atoms with Gasteiger partial charge in [0.15, 0.2) is 0 Å². The summed E-state index contributed by atoms with van der Waals surface area (Å²) in [6, 6.07) is 35.0. The van der Waals surface area contributed by atoms with Crippen LogP contribution in [0.25, 0.3) is 18.2 Å². The van der Waals surface area contributed by atoms with Gasteiger partial charge in [-0.3, -0.25) is 0 Å². The third-order valence-electron chi connectivity index (χ3n) is 8.92. The van der Waals surface area contributed by atoms with Crippen molar-refractivity contribution >= 4 is 18.2 Å². The second kappa shape index (κ2) is 30.2. The number of hydrogen-bond acceptors (Lipinski definition) is 0. The summed E-state index contributed by atoms with van der Waals surface area (Å²) < 4.78 is 0. The van der Waals surface area contributed by atoms with E-state index in [-0.39, 0.29) is 16.2 Å². The molecule has 0 fully saturated rings. The summed E-state index contributed by atoms with van der Waals surface area (Å²) in [5, 5.41) is 0. The van der Waals surface area contributed by atoms with E-state index in [9.17, 15) is 0 Å². The third kappa shape index (κ3) is 46.5. The molecule has 6 rings (SSSR count). The van der Waals surface area contributed by atoms with Crippen molar-refractivity contribution in [3.63, 3.8) is 0 Å². The van der Waals surface area contributed by atoms with Crippen LogP contribution in [-0.4, -0.2) is 0 Å². The maximum Gasteiger partial charge on any atom is -0.00882 e. The average molecular weight is 956 g/mol. The second-order valence-electron chi connectivity index (χ2n) is 30.2. The normalized spacial score (nSPS) is 13.0. The first-order valence-corrected chi connectivity index (χ1v) is 26.7. The van der Waals surface area contributed by atoms with Gasteiger partial charge in [0.25, 0.3) is 0 Å². The summed E-state index contributed by atoms with van der Waals surface area (Å²) in [6.45, 7) is 62.1. The van der Waals surface area contributed by atoms with Gasteiger partial charge in [0.05, 0.1) is 0 Å². The Bertz CT molecular complexity index is 1920. The fraction of sp³-hybridized carbons (Fsp3) is 0.571. The van der Waals surface area contributed by atoms with E-state index in [1.165, 1.54) is 57.3 Å². The second-order valence-corrected chi connectivity index (χ2v) is 30.2. The molecule has 0 bridgehead atoms. The molecule has 0 heteroatoms. The summed E-state index contributed by atoms with van der Waals surface area (Å²) in [7, 11) is 0. The van der Waals surface area contributed by atoms with Crippen LogP contribution >= 0.6 is 0 Å². The summed E-state index contributed by atoms with van der Waals surface area (Å²) in [5.74, 6) is 0. The van der Waals surface area contributed by atoms with E-state index in [2.05, 4.69) is 327 Å². The molecule has 0 spiro atoms. The largest absolute Gasteiger partial charge is 0.0795 e. The lowest BCUT2D eigenvalue weighted by molar-refractivity contribution is 0.378. The number of allylic oxidation sites excluding steroid dienone is 3. The van der Waals surface area contributed by atoms with Gasteiger partial charge in [0, 0.05) is 0 Å². The Kier molecular flexibility index (Phi) is 29.4. The minimum absolute atomic E-state index is 0.242. The number of benzene rings is 4. The first kappa shape index (κ1) is 68.2. The molecule has 4 aromatic rings. The number of rotatable bonds is 3. The van der Waals surface area contributed by atoms with Gasteiger partial charge in [0.1, 0.15) is 0 Å². The molecule has 0 heterocycles. The lowest BCUT2D eigenvalue weighted by Crippen LogP contribution is -2.11. The Morgan fingerprint density at radius 1 is 0.371 bits per heavy atom. The van der Waals surface area contributed by atoms with E-state index in [0.29, 0.717) is 27.1 Å². The van der Waals surface area contributed by atoms with Crippen LogP contribution in [0.1, 0.15) is 245 Å². The van der Waals surface area contributed by atoms with Crippen molar-refractivity contribution < 1.29 is 0 Å². The lowest BCUT2D eigenvalue weighted by Gasteiger charge is -2.20. The average Bonchev–Trinajstić information content (AvgIpc) is 3.84. The van der Waals surface area contributed by atoms with Crippen LogP contribution in [0.15, 0.2) is 115 Å². The molecule has 2 aliphatic rings. The Morgan fingerprint density at radius 3 is 0.943 bits per heavy atom. The van der Waals surface area contributed by atoms with E-state index in [0.717, 1.165) is 12.8 Å². The van der Waals surface area contributed by atoms with Crippen LogP contribution in [0.5, 0.6) is 0 Å². The summed E-state index contributed by atoms with van der Waals surface area (Å²) in [5.41, 5.74) is 14.4. The van der Waals surface area contributed by atoms with Crippen molar-refractivity contribution in [1.29, 1.82) is 0 Å². The molecule has 0 aromatic heterocycles. The van der Waals surface area contributed by atoms with Gasteiger partial charge in [-0.25, -0.2) is 0 Å². The Morgan fingerprint density at radius 2 is 0.671 bits per heavy atom. The van der Waals surface area contributed by atoms with Crippen LogP contribution in [0.4, 0.5) is 0 Å². The molecule has 0 unspecified atom stereocenters. The van der Waals surface area contributed by atoms with E-state index >= 15 is 0 Å². The first-order chi connectivity index (χ1) is 31.3. The van der Waals surface area contributed by atoms with Gasteiger partial charge >= 0.3 is 0 Å². The predicted molar refractivity (Wildman–Crippen MR) is 325 cm³/mol. The van der Waals surface area contributed by atoms with E-state index in [1.807, 2.05) is 0 Å². The molecule has 0 saturated carbocycles. The highest BCUT2D eigenvalue weighted by atomic mass is 14.2. The van der Waals surface area contributed by atoms with E-state index in [4.69, 9.17) is 0 Å². The van der Waals surface area contributed by atoms with E-state index in [1.54, 1.807) is 0 Å². The standard InChI is InChI=1S/C16H26.C16H24.2C9H8.4C5H12/c2*1-15(2,3)12-11-13-7-9-14(10-8-13)16(4,5)6;2*1-2-5-9-7-3-6-8(9)4-1;4*1-5(2,3)4/h7-10H,11-12H2,1-6H3;7-12H,1-6H3;2*1-6H,7H2;4*1-4H3/b;12-11+;;;;;;. The van der Waals surface area contributed by atoms with Crippen LogP contribution in [0, 0.1) is 32.5 Å². The topological polar surface area (TPSA) is 0 Å². The molecule has 0 nitrogen and oxygen atoms in total. The lowest BCUT2D eigenvalue weighted by atomic mass is 9.85. The molecule has 394 valence electrons. The monoisotopic (exact) mass is 955 g/mol. The van der Waals surface area contributed by atoms with Gasteiger partial charge in [-0.15, -0.1) is 0 Å². The fourth-order valence-electron chi connectivity index (χ4n) is 5.52. The van der Waals surface area contributed by atoms with E-state index < -0.39 is 0 Å². The van der Waals surface area contributed by atoms with Gasteiger partial charge < -0.3 is 0 Å². The van der Waals surface area contributed by atoms with Crippen LogP contribution in [-0.2, 0) is 30.1 Å². The number of hydrogen-bond donors (Lipinski definition) is 0. The maximum absolute atomic E-state index is 2.30. The Balaban J connectivity index is 0. The zero-order valence-electron chi connectivity index (χ0n) is 51.5. The molecule has 4 aromatic carbocycles. The molecule has 0 aliphatic heterocycles. The number of aryl methyl sites for hydroxylation is 1. The molecular formula is C70H114. The zero-order chi connectivity index (χ0) is 55.0. The minimum Gasteiger partial charge on any atom is -0.0795 e. The van der Waals surface area contributed by atoms with Crippen LogP contribution in [0.3, 0.4) is 0 Å². The first-order valence-electron chi connectivity index (χ1n) is 26.7. The maximum atomic E-state index is 2.30.